The molecule has 0 aromatic carbocycles. The Bertz CT molecular complexity index is 299. The number of ether oxygens (including phenoxy) is 1. The molecule has 0 unspecified atom stereocenters. The first-order chi connectivity index (χ1) is 8.54. The Kier molecular flexibility index (Phi) is 5.74. The molecule has 6 heteroatoms. The van der Waals surface area contributed by atoms with Gasteiger partial charge in [0, 0.05) is 6.04 Å². The summed E-state index contributed by atoms with van der Waals surface area (Å²) in [5.41, 5.74) is 5.49. The first-order valence-corrected chi connectivity index (χ1v) is 6.44. The summed E-state index contributed by atoms with van der Waals surface area (Å²) in [6.45, 7) is 4.48. The number of nitrogens with zero attached hydrogens (tertiary/aromatic N) is 2. The quantitative estimate of drug-likeness (QED) is 0.340. The van der Waals surface area contributed by atoms with Gasteiger partial charge in [0.05, 0.1) is 13.2 Å². The van der Waals surface area contributed by atoms with E-state index in [-0.39, 0.29) is 24.5 Å². The second-order valence-electron chi connectivity index (χ2n) is 5.13. The fourth-order valence-corrected chi connectivity index (χ4v) is 2.09. The molecule has 0 atom stereocenters. The predicted octanol–water partition coefficient (Wildman–Crippen LogP) is 1.77. The molecule has 0 aromatic heterocycles. The molecular weight excluding hydrogens is 234 g/mol. The maximum absolute atomic E-state index is 12.0. The van der Waals surface area contributed by atoms with E-state index in [1.165, 1.54) is 0 Å². The van der Waals surface area contributed by atoms with Crippen LogP contribution in [0.1, 0.15) is 39.5 Å². The maximum atomic E-state index is 12.0. The van der Waals surface area contributed by atoms with Gasteiger partial charge in [-0.25, -0.2) is 4.79 Å². The highest BCUT2D eigenvalue weighted by molar-refractivity contribution is 5.85. The van der Waals surface area contributed by atoms with E-state index in [1.54, 1.807) is 4.90 Å². The number of nitrogens with two attached hydrogens (primary N) is 1. The molecule has 0 aliphatic heterocycles. The first-order valence-electron chi connectivity index (χ1n) is 6.44. The highest BCUT2D eigenvalue weighted by atomic mass is 16.6. The van der Waals surface area contributed by atoms with Gasteiger partial charge in [0.2, 0.25) is 0 Å². The summed E-state index contributed by atoms with van der Waals surface area (Å²) in [5.74, 6) is 0.326. The Labute approximate surface area is 108 Å². The molecule has 0 saturated heterocycles. The lowest BCUT2D eigenvalue weighted by Crippen LogP contribution is -2.44. The van der Waals surface area contributed by atoms with Crippen molar-refractivity contribution >= 4 is 11.9 Å². The van der Waals surface area contributed by atoms with E-state index in [9.17, 15) is 4.79 Å². The molecule has 1 amide bonds. The van der Waals surface area contributed by atoms with Gasteiger partial charge in [-0.1, -0.05) is 31.8 Å². The number of hydrogen-bond donors (Lipinski definition) is 2. The number of carbonyl (C=O) groups excluding carboxylic acids is 1. The van der Waals surface area contributed by atoms with Crippen molar-refractivity contribution in [1.82, 2.24) is 4.90 Å². The number of amidine groups is 1. The zero-order valence-electron chi connectivity index (χ0n) is 11.1. The predicted molar refractivity (Wildman–Crippen MR) is 68.6 cm³/mol. The van der Waals surface area contributed by atoms with Crippen LogP contribution in [-0.4, -0.2) is 41.2 Å². The molecule has 18 heavy (non-hydrogen) atoms. The topological polar surface area (TPSA) is 88.2 Å². The van der Waals surface area contributed by atoms with Crippen LogP contribution in [0, 0.1) is 5.92 Å². The standard InChI is InChI=1S/C12H23N3O3/c1-9(2)8-18-12(16)15(7-11(13)14-17)10-5-3-4-6-10/h9-10,17H,3-8H2,1-2H3,(H2,13,14). The molecule has 1 aliphatic carbocycles. The van der Waals surface area contributed by atoms with Gasteiger partial charge in [-0.3, -0.25) is 4.90 Å². The van der Waals surface area contributed by atoms with Crippen LogP contribution < -0.4 is 5.73 Å². The molecule has 1 saturated carbocycles. The van der Waals surface area contributed by atoms with Crippen molar-refractivity contribution in [2.45, 2.75) is 45.6 Å². The zero-order valence-corrected chi connectivity index (χ0v) is 11.1. The molecule has 104 valence electrons. The minimum atomic E-state index is -0.373. The minimum absolute atomic E-state index is 0.0309. The second-order valence-corrected chi connectivity index (χ2v) is 5.13. The third-order valence-electron chi connectivity index (χ3n) is 3.00. The lowest BCUT2D eigenvalue weighted by molar-refractivity contribution is 0.0834. The van der Waals surface area contributed by atoms with E-state index < -0.39 is 0 Å². The molecule has 1 aliphatic rings. The summed E-state index contributed by atoms with van der Waals surface area (Å²) in [4.78, 5) is 13.6. The van der Waals surface area contributed by atoms with Gasteiger partial charge in [0.15, 0.2) is 5.84 Å². The molecule has 3 N–H and O–H groups in total. The van der Waals surface area contributed by atoms with Crippen molar-refractivity contribution in [1.29, 1.82) is 0 Å². The van der Waals surface area contributed by atoms with Crippen molar-refractivity contribution in [2.24, 2.45) is 16.8 Å². The Morgan fingerprint density at radius 2 is 2.11 bits per heavy atom. The largest absolute Gasteiger partial charge is 0.449 e. The molecule has 0 spiro atoms. The van der Waals surface area contributed by atoms with Gasteiger partial charge in [-0.05, 0) is 18.8 Å². The summed E-state index contributed by atoms with van der Waals surface area (Å²) in [5, 5.41) is 11.5. The number of amides is 1. The van der Waals surface area contributed by atoms with Gasteiger partial charge < -0.3 is 15.7 Å². The molecule has 0 aromatic rings. The van der Waals surface area contributed by atoms with Crippen molar-refractivity contribution in [3.8, 4) is 0 Å². The van der Waals surface area contributed by atoms with E-state index >= 15 is 0 Å². The van der Waals surface area contributed by atoms with Crippen molar-refractivity contribution in [2.75, 3.05) is 13.2 Å². The van der Waals surface area contributed by atoms with E-state index in [0.717, 1.165) is 25.7 Å². The van der Waals surface area contributed by atoms with E-state index in [0.29, 0.717) is 12.5 Å². The van der Waals surface area contributed by atoms with E-state index in [1.807, 2.05) is 13.8 Å². The fourth-order valence-electron chi connectivity index (χ4n) is 2.09. The molecule has 0 heterocycles. The van der Waals surface area contributed by atoms with Crippen LogP contribution in [0.5, 0.6) is 0 Å². The SMILES string of the molecule is CC(C)COC(=O)N(CC(N)=NO)C1CCCC1. The van der Waals surface area contributed by atoms with E-state index in [2.05, 4.69) is 5.16 Å². The van der Waals surface area contributed by atoms with Gasteiger partial charge in [0.25, 0.3) is 0 Å². The monoisotopic (exact) mass is 257 g/mol. The molecule has 6 nitrogen and oxygen atoms in total. The minimum Gasteiger partial charge on any atom is -0.449 e. The summed E-state index contributed by atoms with van der Waals surface area (Å²) < 4.78 is 5.22. The first kappa shape index (κ1) is 14.6. The number of carbonyl (C=O) groups is 1. The summed E-state index contributed by atoms with van der Waals surface area (Å²) in [7, 11) is 0. The molecule has 1 rings (SSSR count). The second kappa shape index (κ2) is 7.08. The smallest absolute Gasteiger partial charge is 0.410 e. The van der Waals surface area contributed by atoms with Crippen molar-refractivity contribution in [3.63, 3.8) is 0 Å². The Morgan fingerprint density at radius 3 is 2.61 bits per heavy atom. The summed E-state index contributed by atoms with van der Waals surface area (Å²) >= 11 is 0. The lowest BCUT2D eigenvalue weighted by atomic mass is 10.2. The highest BCUT2D eigenvalue weighted by Gasteiger charge is 2.28. The summed E-state index contributed by atoms with van der Waals surface area (Å²) in [6, 6.07) is 0.143. The highest BCUT2D eigenvalue weighted by Crippen LogP contribution is 2.24. The third kappa shape index (κ3) is 4.43. The molecule has 1 fully saturated rings. The van der Waals surface area contributed by atoms with Gasteiger partial charge in [-0.15, -0.1) is 0 Å². The average Bonchev–Trinajstić information content (AvgIpc) is 2.86. The zero-order chi connectivity index (χ0) is 13.5. The fraction of sp³-hybridized carbons (Fsp3) is 0.833. The average molecular weight is 257 g/mol. The molecular formula is C12H23N3O3. The van der Waals surface area contributed by atoms with Crippen LogP contribution in [-0.2, 0) is 4.74 Å². The van der Waals surface area contributed by atoms with Crippen LogP contribution in [0.25, 0.3) is 0 Å². The van der Waals surface area contributed by atoms with Crippen molar-refractivity contribution in [3.05, 3.63) is 0 Å². The van der Waals surface area contributed by atoms with Crippen LogP contribution in [0.2, 0.25) is 0 Å². The number of hydrogen-bond acceptors (Lipinski definition) is 4. The van der Waals surface area contributed by atoms with Crippen LogP contribution in [0.15, 0.2) is 5.16 Å². The van der Waals surface area contributed by atoms with Crippen LogP contribution in [0.3, 0.4) is 0 Å². The number of rotatable bonds is 5. The van der Waals surface area contributed by atoms with E-state index in [4.69, 9.17) is 15.7 Å². The summed E-state index contributed by atoms with van der Waals surface area (Å²) in [6.07, 6.45) is 3.75. The lowest BCUT2D eigenvalue weighted by Gasteiger charge is -2.27. The molecule has 0 radical (unpaired) electrons. The van der Waals surface area contributed by atoms with Crippen molar-refractivity contribution < 1.29 is 14.7 Å². The van der Waals surface area contributed by atoms with Gasteiger partial charge in [-0.2, -0.15) is 0 Å². The molecule has 0 bridgehead atoms. The normalized spacial score (nSPS) is 17.2. The number of oxime groups is 1. The Hall–Kier alpha value is -1.46. The van der Waals surface area contributed by atoms with Crippen LogP contribution in [0.4, 0.5) is 4.79 Å². The van der Waals surface area contributed by atoms with Crippen LogP contribution >= 0.6 is 0 Å². The van der Waals surface area contributed by atoms with Gasteiger partial charge >= 0.3 is 6.09 Å². The Morgan fingerprint density at radius 1 is 1.50 bits per heavy atom. The Balaban J connectivity index is 2.60. The third-order valence-corrected chi connectivity index (χ3v) is 3.00. The van der Waals surface area contributed by atoms with Gasteiger partial charge in [0.1, 0.15) is 0 Å². The maximum Gasteiger partial charge on any atom is 0.410 e.